The van der Waals surface area contributed by atoms with Gasteiger partial charge < -0.3 is 0 Å². The molecule has 4 nitrogen and oxygen atoms in total. The van der Waals surface area contributed by atoms with Crippen molar-refractivity contribution in [2.45, 2.75) is 104 Å². The van der Waals surface area contributed by atoms with Gasteiger partial charge in [-0.3, -0.25) is 10.9 Å². The van der Waals surface area contributed by atoms with Crippen LogP contribution in [-0.2, 0) is 0 Å². The molecule has 0 spiro atoms. The number of nitrogens with one attached hydrogen (secondary N) is 2. The molecule has 2 N–H and O–H groups in total. The van der Waals surface area contributed by atoms with Crippen LogP contribution in [0.25, 0.3) is 0 Å². The van der Waals surface area contributed by atoms with Crippen molar-refractivity contribution in [3.8, 4) is 0 Å². The maximum atomic E-state index is 5.10. The van der Waals surface area contributed by atoms with Crippen LogP contribution in [0, 0.1) is 0 Å². The Balaban J connectivity index is 3.36. The highest BCUT2D eigenvalue weighted by molar-refractivity contribution is 7.80. The van der Waals surface area contributed by atoms with E-state index in [1.165, 1.54) is 77.0 Å². The molecule has 0 aromatic rings. The number of unbranched alkanes of at least 4 members (excludes halogenated alkanes) is 12. The lowest BCUT2D eigenvalue weighted by Gasteiger charge is -2.01. The van der Waals surface area contributed by atoms with Gasteiger partial charge >= 0.3 is 0 Å². The minimum absolute atomic E-state index is 0.452. The third-order valence-corrected chi connectivity index (χ3v) is 4.07. The van der Waals surface area contributed by atoms with E-state index >= 15 is 0 Å². The molecule has 0 aromatic carbocycles. The van der Waals surface area contributed by atoms with Gasteiger partial charge in [0.25, 0.3) is 0 Å². The minimum atomic E-state index is 0.452. The molecule has 0 atom stereocenters. The summed E-state index contributed by atoms with van der Waals surface area (Å²) in [6.07, 6.45) is 21.5. The summed E-state index contributed by atoms with van der Waals surface area (Å²) in [7, 11) is 0. The maximum Gasteiger partial charge on any atom is 0.207 e. The largest absolute Gasteiger partial charge is 0.253 e. The standard InChI is InChI=1S/C19H38N4S/c1-3-5-7-9-11-13-15-17-20-22-19(24)23-21-18-16-14-12-10-8-6-4-2/h17-18H,3-16H2,1-2H3,(H2,22,23,24). The predicted octanol–water partition coefficient (Wildman–Crippen LogP) is 5.92. The van der Waals surface area contributed by atoms with Crippen LogP contribution < -0.4 is 10.9 Å². The van der Waals surface area contributed by atoms with Crippen LogP contribution in [0.2, 0.25) is 0 Å². The van der Waals surface area contributed by atoms with E-state index in [1.807, 2.05) is 12.4 Å². The lowest BCUT2D eigenvalue weighted by atomic mass is 10.1. The van der Waals surface area contributed by atoms with Gasteiger partial charge in [-0.1, -0.05) is 78.1 Å². The van der Waals surface area contributed by atoms with Gasteiger partial charge in [0.05, 0.1) is 0 Å². The molecular formula is C19H38N4S. The fourth-order valence-electron chi connectivity index (χ4n) is 2.39. The first-order chi connectivity index (χ1) is 11.8. The highest BCUT2D eigenvalue weighted by atomic mass is 32.1. The van der Waals surface area contributed by atoms with E-state index in [4.69, 9.17) is 12.2 Å². The normalized spacial score (nSPS) is 11.4. The summed E-state index contributed by atoms with van der Waals surface area (Å²) in [6, 6.07) is 0. The van der Waals surface area contributed by atoms with Gasteiger partial charge in [0.2, 0.25) is 5.11 Å². The molecule has 24 heavy (non-hydrogen) atoms. The zero-order valence-corrected chi connectivity index (χ0v) is 16.7. The molecule has 140 valence electrons. The quantitative estimate of drug-likeness (QED) is 0.156. The van der Waals surface area contributed by atoms with Crippen molar-refractivity contribution < 1.29 is 0 Å². The van der Waals surface area contributed by atoms with Crippen molar-refractivity contribution in [3.05, 3.63) is 0 Å². The van der Waals surface area contributed by atoms with Gasteiger partial charge in [-0.05, 0) is 37.9 Å². The van der Waals surface area contributed by atoms with E-state index in [0.29, 0.717) is 5.11 Å². The molecular weight excluding hydrogens is 316 g/mol. The fraction of sp³-hybridized carbons (Fsp3) is 0.842. The van der Waals surface area contributed by atoms with Crippen molar-refractivity contribution >= 4 is 29.8 Å². The third kappa shape index (κ3) is 19.1. The Morgan fingerprint density at radius 1 is 0.667 bits per heavy atom. The van der Waals surface area contributed by atoms with Gasteiger partial charge in [-0.15, -0.1) is 0 Å². The van der Waals surface area contributed by atoms with Crippen molar-refractivity contribution in [3.63, 3.8) is 0 Å². The van der Waals surface area contributed by atoms with Crippen LogP contribution in [0.1, 0.15) is 104 Å². The first-order valence-electron chi connectivity index (χ1n) is 9.90. The molecule has 0 saturated heterocycles. The molecule has 0 aromatic heterocycles. The van der Waals surface area contributed by atoms with Crippen molar-refractivity contribution in [1.29, 1.82) is 0 Å². The van der Waals surface area contributed by atoms with E-state index in [-0.39, 0.29) is 0 Å². The first-order valence-corrected chi connectivity index (χ1v) is 10.3. The van der Waals surface area contributed by atoms with E-state index < -0.39 is 0 Å². The second-order valence-corrected chi connectivity index (χ2v) is 6.70. The molecule has 0 aliphatic carbocycles. The topological polar surface area (TPSA) is 48.8 Å². The second-order valence-electron chi connectivity index (χ2n) is 6.29. The van der Waals surface area contributed by atoms with E-state index in [1.54, 1.807) is 0 Å². The molecule has 5 heteroatoms. The maximum absolute atomic E-state index is 5.10. The summed E-state index contributed by atoms with van der Waals surface area (Å²) in [5, 5.41) is 8.67. The van der Waals surface area contributed by atoms with E-state index in [9.17, 15) is 0 Å². The van der Waals surface area contributed by atoms with Crippen LogP contribution in [0.15, 0.2) is 10.2 Å². The molecule has 0 heterocycles. The minimum Gasteiger partial charge on any atom is -0.253 e. The van der Waals surface area contributed by atoms with E-state index in [2.05, 4.69) is 34.9 Å². The number of nitrogens with zero attached hydrogens (tertiary/aromatic N) is 2. The Hall–Kier alpha value is -0.970. The molecule has 0 fully saturated rings. The number of thiocarbonyl (C=S) groups is 1. The highest BCUT2D eigenvalue weighted by Crippen LogP contribution is 2.06. The molecule has 0 rings (SSSR count). The summed E-state index contributed by atoms with van der Waals surface area (Å²) in [5.41, 5.74) is 5.59. The van der Waals surface area contributed by atoms with Crippen LogP contribution in [0.3, 0.4) is 0 Å². The number of hydrogen-bond donors (Lipinski definition) is 2. The molecule has 0 unspecified atom stereocenters. The second kappa shape index (κ2) is 20.1. The first kappa shape index (κ1) is 23.0. The molecule has 0 radical (unpaired) electrons. The Morgan fingerprint density at radius 2 is 1.04 bits per heavy atom. The van der Waals surface area contributed by atoms with Crippen LogP contribution in [0.5, 0.6) is 0 Å². The van der Waals surface area contributed by atoms with Gasteiger partial charge in [0, 0.05) is 12.4 Å². The summed E-state index contributed by atoms with van der Waals surface area (Å²) >= 11 is 5.10. The Kier molecular flexibility index (Phi) is 19.3. The summed E-state index contributed by atoms with van der Waals surface area (Å²) in [6.45, 7) is 4.49. The van der Waals surface area contributed by atoms with Gasteiger partial charge in [0.1, 0.15) is 0 Å². The van der Waals surface area contributed by atoms with Gasteiger partial charge in [0.15, 0.2) is 0 Å². The summed E-state index contributed by atoms with van der Waals surface area (Å²) in [4.78, 5) is 0. The van der Waals surface area contributed by atoms with Crippen LogP contribution >= 0.6 is 12.2 Å². The highest BCUT2D eigenvalue weighted by Gasteiger charge is 1.91. The van der Waals surface area contributed by atoms with Crippen LogP contribution in [-0.4, -0.2) is 17.5 Å². The van der Waals surface area contributed by atoms with Gasteiger partial charge in [-0.2, -0.15) is 10.2 Å². The van der Waals surface area contributed by atoms with Crippen molar-refractivity contribution in [1.82, 2.24) is 10.9 Å². The Labute approximate surface area is 154 Å². The van der Waals surface area contributed by atoms with Gasteiger partial charge in [-0.25, -0.2) is 0 Å². The lowest BCUT2D eigenvalue weighted by molar-refractivity contribution is 0.616. The Bertz CT molecular complexity index is 299. The van der Waals surface area contributed by atoms with Crippen molar-refractivity contribution in [2.24, 2.45) is 10.2 Å². The number of rotatable bonds is 16. The molecule has 0 bridgehead atoms. The van der Waals surface area contributed by atoms with Crippen LogP contribution in [0.4, 0.5) is 0 Å². The smallest absolute Gasteiger partial charge is 0.207 e. The monoisotopic (exact) mass is 354 g/mol. The zero-order chi connectivity index (χ0) is 17.7. The summed E-state index contributed by atoms with van der Waals surface area (Å²) < 4.78 is 0. The molecule has 0 aliphatic heterocycles. The Morgan fingerprint density at radius 3 is 1.46 bits per heavy atom. The molecule has 0 saturated carbocycles. The average Bonchev–Trinajstić information content (AvgIpc) is 2.59. The average molecular weight is 355 g/mol. The fourth-order valence-corrected chi connectivity index (χ4v) is 2.50. The number of hydrazone groups is 2. The number of hydrogen-bond acceptors (Lipinski definition) is 3. The van der Waals surface area contributed by atoms with Crippen molar-refractivity contribution in [2.75, 3.05) is 0 Å². The molecule has 0 aliphatic rings. The third-order valence-electron chi connectivity index (χ3n) is 3.89. The predicted molar refractivity (Wildman–Crippen MR) is 112 cm³/mol. The SMILES string of the molecule is CCCCCCCCC=NNC(=S)NN=CCCCCCCCC. The van der Waals surface area contributed by atoms with E-state index in [0.717, 1.165) is 12.8 Å². The lowest BCUT2D eigenvalue weighted by Crippen LogP contribution is -2.28. The zero-order valence-electron chi connectivity index (χ0n) is 15.9. The summed E-state index contributed by atoms with van der Waals surface area (Å²) in [5.74, 6) is 0. The molecule has 0 amide bonds.